The fourth-order valence-electron chi connectivity index (χ4n) is 2.58. The highest BCUT2D eigenvalue weighted by molar-refractivity contribution is 4.93. The molecule has 17 heavy (non-hydrogen) atoms. The molecule has 2 unspecified atom stereocenters. The summed E-state index contributed by atoms with van der Waals surface area (Å²) in [4.78, 5) is 0. The second kappa shape index (κ2) is 9.44. The van der Waals surface area contributed by atoms with E-state index in [0.29, 0.717) is 12.6 Å². The Labute approximate surface area is 105 Å². The van der Waals surface area contributed by atoms with Gasteiger partial charge in [0.05, 0.1) is 12.0 Å². The fraction of sp³-hybridized carbons (Fsp3) is 0.929. The van der Waals surface area contributed by atoms with E-state index in [2.05, 4.69) is 11.4 Å². The molecule has 3 heteroatoms. The van der Waals surface area contributed by atoms with Crippen LogP contribution in [0.3, 0.4) is 0 Å². The quantitative estimate of drug-likeness (QED) is 0.529. The first-order valence-electron chi connectivity index (χ1n) is 7.12. The summed E-state index contributed by atoms with van der Waals surface area (Å²) in [6.45, 7) is 1.33. The van der Waals surface area contributed by atoms with E-state index in [4.69, 9.17) is 10.4 Å². The van der Waals surface area contributed by atoms with Gasteiger partial charge in [-0.1, -0.05) is 32.1 Å². The highest BCUT2D eigenvalue weighted by Gasteiger charge is 2.22. The maximum Gasteiger partial charge on any atom is 0.0672 e. The van der Waals surface area contributed by atoms with Crippen LogP contribution in [0.5, 0.6) is 0 Å². The van der Waals surface area contributed by atoms with Gasteiger partial charge in [-0.3, -0.25) is 0 Å². The summed E-state index contributed by atoms with van der Waals surface area (Å²) in [6.07, 6.45) is 10.4. The molecule has 3 nitrogen and oxygen atoms in total. The van der Waals surface area contributed by atoms with E-state index in [-0.39, 0.29) is 5.92 Å². The van der Waals surface area contributed by atoms with E-state index >= 15 is 0 Å². The van der Waals surface area contributed by atoms with Gasteiger partial charge >= 0.3 is 0 Å². The lowest BCUT2D eigenvalue weighted by molar-refractivity contribution is 0.282. The van der Waals surface area contributed by atoms with Crippen LogP contribution in [0, 0.1) is 17.2 Å². The molecule has 0 aromatic carbocycles. The predicted octanol–water partition coefficient (Wildman–Crippen LogP) is 2.60. The van der Waals surface area contributed by atoms with Gasteiger partial charge in [0.2, 0.25) is 0 Å². The van der Waals surface area contributed by atoms with Crippen molar-refractivity contribution in [1.82, 2.24) is 5.32 Å². The lowest BCUT2D eigenvalue weighted by Gasteiger charge is -2.20. The third-order valence-electron chi connectivity index (χ3n) is 3.67. The zero-order chi connectivity index (χ0) is 12.3. The van der Waals surface area contributed by atoms with Crippen LogP contribution >= 0.6 is 0 Å². The number of rotatable bonds is 7. The summed E-state index contributed by atoms with van der Waals surface area (Å²) < 4.78 is 0. The molecule has 0 bridgehead atoms. The number of unbranched alkanes of at least 4 members (excludes halogenated alkanes) is 3. The minimum atomic E-state index is 0.218. The Balaban J connectivity index is 2.13. The van der Waals surface area contributed by atoms with E-state index in [1.54, 1.807) is 0 Å². The van der Waals surface area contributed by atoms with Crippen molar-refractivity contribution in [3.05, 3.63) is 0 Å². The molecule has 0 aromatic rings. The van der Waals surface area contributed by atoms with Crippen LogP contribution in [0.1, 0.15) is 57.8 Å². The second-order valence-electron chi connectivity index (χ2n) is 5.07. The summed E-state index contributed by atoms with van der Waals surface area (Å²) >= 11 is 0. The van der Waals surface area contributed by atoms with Crippen molar-refractivity contribution in [2.24, 2.45) is 5.92 Å². The van der Waals surface area contributed by atoms with Crippen LogP contribution in [0.2, 0.25) is 0 Å². The zero-order valence-electron chi connectivity index (χ0n) is 10.8. The van der Waals surface area contributed by atoms with E-state index < -0.39 is 0 Å². The summed E-state index contributed by atoms with van der Waals surface area (Å²) in [7, 11) is 0. The van der Waals surface area contributed by atoms with Crippen molar-refractivity contribution >= 4 is 0 Å². The van der Waals surface area contributed by atoms with Crippen LogP contribution in [-0.2, 0) is 0 Å². The summed E-state index contributed by atoms with van der Waals surface area (Å²) in [6, 6.07) is 2.88. The predicted molar refractivity (Wildman–Crippen MR) is 69.5 cm³/mol. The van der Waals surface area contributed by atoms with Crippen LogP contribution in [0.15, 0.2) is 0 Å². The summed E-state index contributed by atoms with van der Waals surface area (Å²) in [5.41, 5.74) is 0. The van der Waals surface area contributed by atoms with Crippen molar-refractivity contribution < 1.29 is 5.11 Å². The molecule has 98 valence electrons. The SMILES string of the molecule is N#CC1CCCCCC1NCCCCCCO. The normalized spacial score (nSPS) is 25.2. The molecule has 0 heterocycles. The average Bonchev–Trinajstić information content (AvgIpc) is 2.58. The van der Waals surface area contributed by atoms with E-state index in [1.165, 1.54) is 25.7 Å². The zero-order valence-corrected chi connectivity index (χ0v) is 10.8. The molecule has 2 atom stereocenters. The molecule has 1 saturated carbocycles. The first kappa shape index (κ1) is 14.5. The van der Waals surface area contributed by atoms with Crippen molar-refractivity contribution in [2.75, 3.05) is 13.2 Å². The maximum atomic E-state index is 9.14. The van der Waals surface area contributed by atoms with Crippen molar-refractivity contribution in [3.8, 4) is 6.07 Å². The molecule has 1 aliphatic rings. The lowest BCUT2D eigenvalue weighted by Crippen LogP contribution is -2.35. The van der Waals surface area contributed by atoms with Gasteiger partial charge in [-0.05, 0) is 32.2 Å². The topological polar surface area (TPSA) is 56.0 Å². The Morgan fingerprint density at radius 1 is 1.06 bits per heavy atom. The number of nitriles is 1. The number of nitrogens with zero attached hydrogens (tertiary/aromatic N) is 1. The van der Waals surface area contributed by atoms with Gasteiger partial charge < -0.3 is 10.4 Å². The molecule has 0 aromatic heterocycles. The molecular weight excluding hydrogens is 212 g/mol. The average molecular weight is 238 g/mol. The van der Waals surface area contributed by atoms with Crippen molar-refractivity contribution in [3.63, 3.8) is 0 Å². The minimum Gasteiger partial charge on any atom is -0.396 e. The second-order valence-corrected chi connectivity index (χ2v) is 5.07. The minimum absolute atomic E-state index is 0.218. The van der Waals surface area contributed by atoms with Gasteiger partial charge in [-0.15, -0.1) is 0 Å². The van der Waals surface area contributed by atoms with Gasteiger partial charge in [0.25, 0.3) is 0 Å². The largest absolute Gasteiger partial charge is 0.396 e. The van der Waals surface area contributed by atoms with Crippen LogP contribution in [-0.4, -0.2) is 24.3 Å². The van der Waals surface area contributed by atoms with Crippen LogP contribution in [0.25, 0.3) is 0 Å². The first-order chi connectivity index (χ1) is 8.38. The molecule has 0 spiro atoms. The molecule has 0 aliphatic heterocycles. The van der Waals surface area contributed by atoms with Crippen LogP contribution < -0.4 is 5.32 Å². The highest BCUT2D eigenvalue weighted by Crippen LogP contribution is 2.22. The number of hydrogen-bond donors (Lipinski definition) is 2. The molecule has 1 fully saturated rings. The molecular formula is C14H26N2O. The third-order valence-corrected chi connectivity index (χ3v) is 3.67. The van der Waals surface area contributed by atoms with Crippen molar-refractivity contribution in [1.29, 1.82) is 5.26 Å². The monoisotopic (exact) mass is 238 g/mol. The first-order valence-corrected chi connectivity index (χ1v) is 7.12. The Morgan fingerprint density at radius 2 is 1.82 bits per heavy atom. The Kier molecular flexibility index (Phi) is 8.04. The Bertz CT molecular complexity index is 225. The summed E-state index contributed by atoms with van der Waals surface area (Å²) in [5.74, 6) is 0.218. The van der Waals surface area contributed by atoms with Gasteiger partial charge in [0, 0.05) is 12.6 Å². The van der Waals surface area contributed by atoms with E-state index in [1.807, 2.05) is 0 Å². The van der Waals surface area contributed by atoms with E-state index in [9.17, 15) is 0 Å². The third kappa shape index (κ3) is 6.05. The molecule has 1 rings (SSSR count). The smallest absolute Gasteiger partial charge is 0.0672 e. The number of nitrogens with one attached hydrogen (secondary N) is 1. The molecule has 0 amide bonds. The fourth-order valence-corrected chi connectivity index (χ4v) is 2.58. The van der Waals surface area contributed by atoms with Gasteiger partial charge in [0.1, 0.15) is 0 Å². The van der Waals surface area contributed by atoms with Gasteiger partial charge in [-0.25, -0.2) is 0 Å². The Morgan fingerprint density at radius 3 is 2.59 bits per heavy atom. The van der Waals surface area contributed by atoms with Crippen LogP contribution in [0.4, 0.5) is 0 Å². The molecule has 1 aliphatic carbocycles. The lowest BCUT2D eigenvalue weighted by atomic mass is 9.96. The van der Waals surface area contributed by atoms with Gasteiger partial charge in [0.15, 0.2) is 0 Å². The molecule has 2 N–H and O–H groups in total. The molecule has 0 saturated heterocycles. The maximum absolute atomic E-state index is 9.14. The van der Waals surface area contributed by atoms with E-state index in [0.717, 1.165) is 38.6 Å². The number of hydrogen-bond acceptors (Lipinski definition) is 3. The Hall–Kier alpha value is -0.590. The number of aliphatic hydroxyl groups is 1. The highest BCUT2D eigenvalue weighted by atomic mass is 16.2. The molecule has 0 radical (unpaired) electrons. The standard InChI is InChI=1S/C14H26N2O/c15-12-13-8-4-3-5-9-14(13)16-10-6-1-2-7-11-17/h13-14,16-17H,1-11H2. The number of aliphatic hydroxyl groups excluding tert-OH is 1. The van der Waals surface area contributed by atoms with Crippen molar-refractivity contribution in [2.45, 2.75) is 63.8 Å². The van der Waals surface area contributed by atoms with Gasteiger partial charge in [-0.2, -0.15) is 5.26 Å². The summed E-state index contributed by atoms with van der Waals surface area (Å²) in [5, 5.41) is 21.4.